The summed E-state index contributed by atoms with van der Waals surface area (Å²) in [6.45, 7) is 2.92. The van der Waals surface area contributed by atoms with Crippen LogP contribution >= 0.6 is 0 Å². The van der Waals surface area contributed by atoms with Crippen LogP contribution in [0.4, 0.5) is 0 Å². The number of hydrogen-bond donors (Lipinski definition) is 1. The second-order valence-corrected chi connectivity index (χ2v) is 6.06. The summed E-state index contributed by atoms with van der Waals surface area (Å²) in [5.74, 6) is 1.38. The number of ether oxygens (including phenoxy) is 2. The molecule has 0 spiro atoms. The predicted molar refractivity (Wildman–Crippen MR) is 77.2 cm³/mol. The first kappa shape index (κ1) is 13.7. The maximum absolute atomic E-state index is 11.0. The second-order valence-electron chi connectivity index (χ2n) is 6.06. The van der Waals surface area contributed by atoms with Gasteiger partial charge in [-0.1, -0.05) is 6.07 Å². The summed E-state index contributed by atoms with van der Waals surface area (Å²) < 4.78 is 10.6. The summed E-state index contributed by atoms with van der Waals surface area (Å²) in [5.41, 5.74) is 0.145. The number of hydrogen-bond acceptors (Lipinski definition) is 4. The number of rotatable bonds is 4. The highest BCUT2D eigenvalue weighted by Gasteiger charge is 2.47. The van der Waals surface area contributed by atoms with Crippen LogP contribution in [0, 0.1) is 0 Å². The topological polar surface area (TPSA) is 41.9 Å². The van der Waals surface area contributed by atoms with Crippen LogP contribution < -0.4 is 9.47 Å². The van der Waals surface area contributed by atoms with Gasteiger partial charge in [-0.2, -0.15) is 0 Å². The van der Waals surface area contributed by atoms with Crippen molar-refractivity contribution < 1.29 is 14.6 Å². The standard InChI is InChI=1S/C16H23NO3/c1-11-9-16(18,10-17(11)13-5-6-13)12-4-7-14(19-2)15(8-12)20-3/h4,7-8,11,13,18H,5-6,9-10H2,1-3H3. The molecule has 1 heterocycles. The predicted octanol–water partition coefficient (Wildman–Crippen LogP) is 2.15. The molecule has 2 aliphatic rings. The van der Waals surface area contributed by atoms with Gasteiger partial charge in [-0.25, -0.2) is 0 Å². The monoisotopic (exact) mass is 277 g/mol. The van der Waals surface area contributed by atoms with Crippen LogP contribution in [0.1, 0.15) is 31.7 Å². The van der Waals surface area contributed by atoms with Crippen LogP contribution in [0.5, 0.6) is 11.5 Å². The Labute approximate surface area is 120 Å². The summed E-state index contributed by atoms with van der Waals surface area (Å²) in [5, 5.41) is 11.0. The quantitative estimate of drug-likeness (QED) is 0.915. The van der Waals surface area contributed by atoms with Crippen molar-refractivity contribution >= 4 is 0 Å². The third kappa shape index (κ3) is 2.27. The van der Waals surface area contributed by atoms with Gasteiger partial charge in [-0.05, 0) is 43.9 Å². The Kier molecular flexibility index (Phi) is 3.38. The zero-order valence-corrected chi connectivity index (χ0v) is 12.4. The molecule has 0 amide bonds. The highest BCUT2D eigenvalue weighted by atomic mass is 16.5. The third-order valence-electron chi connectivity index (χ3n) is 4.58. The summed E-state index contributed by atoms with van der Waals surface area (Å²) in [6, 6.07) is 6.84. The third-order valence-corrected chi connectivity index (χ3v) is 4.58. The molecule has 20 heavy (non-hydrogen) atoms. The Morgan fingerprint density at radius 3 is 2.50 bits per heavy atom. The van der Waals surface area contributed by atoms with Crippen LogP contribution in [0.3, 0.4) is 0 Å². The van der Waals surface area contributed by atoms with E-state index in [9.17, 15) is 5.11 Å². The molecule has 2 unspecified atom stereocenters. The van der Waals surface area contributed by atoms with E-state index in [-0.39, 0.29) is 0 Å². The van der Waals surface area contributed by atoms with E-state index in [1.807, 2.05) is 18.2 Å². The Morgan fingerprint density at radius 1 is 1.20 bits per heavy atom. The van der Waals surface area contributed by atoms with Gasteiger partial charge in [-0.3, -0.25) is 4.90 Å². The van der Waals surface area contributed by atoms with Crippen LogP contribution in [-0.4, -0.2) is 42.9 Å². The molecule has 1 aliphatic heterocycles. The lowest BCUT2D eigenvalue weighted by molar-refractivity contribution is 0.0449. The van der Waals surface area contributed by atoms with Gasteiger partial charge in [0.1, 0.15) is 5.60 Å². The first-order chi connectivity index (χ1) is 9.57. The number of nitrogens with zero attached hydrogens (tertiary/aromatic N) is 1. The van der Waals surface area contributed by atoms with Crippen LogP contribution in [0.2, 0.25) is 0 Å². The molecule has 4 nitrogen and oxygen atoms in total. The van der Waals surface area contributed by atoms with Crippen molar-refractivity contribution in [1.29, 1.82) is 0 Å². The van der Waals surface area contributed by atoms with E-state index in [4.69, 9.17) is 9.47 Å². The maximum Gasteiger partial charge on any atom is 0.161 e. The molecular formula is C16H23NO3. The van der Waals surface area contributed by atoms with Crippen LogP contribution in [-0.2, 0) is 5.60 Å². The normalized spacial score (nSPS) is 30.5. The molecule has 3 rings (SSSR count). The maximum atomic E-state index is 11.0. The minimum Gasteiger partial charge on any atom is -0.493 e. The van der Waals surface area contributed by atoms with Gasteiger partial charge in [-0.15, -0.1) is 0 Å². The number of benzene rings is 1. The molecule has 4 heteroatoms. The SMILES string of the molecule is COc1ccc(C2(O)CC(C)N(C3CC3)C2)cc1OC. The van der Waals surface area contributed by atoms with E-state index in [1.165, 1.54) is 12.8 Å². The molecule has 1 saturated heterocycles. The van der Waals surface area contributed by atoms with Gasteiger partial charge in [0.2, 0.25) is 0 Å². The number of β-amino-alcohol motifs (C(OH)–C–C–N with tert-alkyl or cyclic N) is 1. The van der Waals surface area contributed by atoms with E-state index in [0.717, 1.165) is 12.0 Å². The first-order valence-electron chi connectivity index (χ1n) is 7.28. The van der Waals surface area contributed by atoms with E-state index in [1.54, 1.807) is 14.2 Å². The van der Waals surface area contributed by atoms with Gasteiger partial charge in [0.05, 0.1) is 14.2 Å². The Balaban J connectivity index is 1.88. The largest absolute Gasteiger partial charge is 0.493 e. The molecule has 1 aromatic carbocycles. The number of methoxy groups -OCH3 is 2. The van der Waals surface area contributed by atoms with E-state index >= 15 is 0 Å². The fourth-order valence-corrected chi connectivity index (χ4v) is 3.36. The molecule has 0 aromatic heterocycles. The zero-order valence-electron chi connectivity index (χ0n) is 12.4. The Morgan fingerprint density at radius 2 is 1.90 bits per heavy atom. The second kappa shape index (κ2) is 4.93. The smallest absolute Gasteiger partial charge is 0.161 e. The summed E-state index contributed by atoms with van der Waals surface area (Å²) >= 11 is 0. The van der Waals surface area contributed by atoms with E-state index in [0.29, 0.717) is 30.1 Å². The lowest BCUT2D eigenvalue weighted by Crippen LogP contribution is -2.33. The van der Waals surface area contributed by atoms with Crippen molar-refractivity contribution in [2.45, 2.75) is 43.9 Å². The van der Waals surface area contributed by atoms with Gasteiger partial charge >= 0.3 is 0 Å². The summed E-state index contributed by atoms with van der Waals surface area (Å²) in [7, 11) is 3.25. The summed E-state index contributed by atoms with van der Waals surface area (Å²) in [4.78, 5) is 2.44. The molecule has 2 atom stereocenters. The first-order valence-corrected chi connectivity index (χ1v) is 7.28. The molecule has 0 bridgehead atoms. The molecule has 0 radical (unpaired) electrons. The molecule has 2 fully saturated rings. The van der Waals surface area contributed by atoms with Crippen molar-refractivity contribution in [3.05, 3.63) is 23.8 Å². The van der Waals surface area contributed by atoms with Gasteiger partial charge in [0.15, 0.2) is 11.5 Å². The van der Waals surface area contributed by atoms with E-state index < -0.39 is 5.60 Å². The Bertz CT molecular complexity index is 500. The molecule has 110 valence electrons. The molecule has 1 aromatic rings. The van der Waals surface area contributed by atoms with E-state index in [2.05, 4.69) is 11.8 Å². The summed E-state index contributed by atoms with van der Waals surface area (Å²) in [6.07, 6.45) is 3.32. The minimum atomic E-state index is -0.776. The molecule has 1 aliphatic carbocycles. The Hall–Kier alpha value is -1.26. The van der Waals surface area contributed by atoms with Gasteiger partial charge < -0.3 is 14.6 Å². The fraction of sp³-hybridized carbons (Fsp3) is 0.625. The fourth-order valence-electron chi connectivity index (χ4n) is 3.36. The lowest BCUT2D eigenvalue weighted by atomic mass is 9.91. The number of aliphatic hydroxyl groups is 1. The van der Waals surface area contributed by atoms with Crippen molar-refractivity contribution in [3.8, 4) is 11.5 Å². The van der Waals surface area contributed by atoms with Crippen molar-refractivity contribution in [2.75, 3.05) is 20.8 Å². The number of likely N-dealkylation sites (tertiary alicyclic amines) is 1. The van der Waals surface area contributed by atoms with Crippen molar-refractivity contribution in [3.63, 3.8) is 0 Å². The highest BCUT2D eigenvalue weighted by Crippen LogP contribution is 2.43. The van der Waals surface area contributed by atoms with Gasteiger partial charge in [0, 0.05) is 18.6 Å². The zero-order chi connectivity index (χ0) is 14.3. The molecule has 1 saturated carbocycles. The van der Waals surface area contributed by atoms with Gasteiger partial charge in [0.25, 0.3) is 0 Å². The van der Waals surface area contributed by atoms with Crippen molar-refractivity contribution in [1.82, 2.24) is 4.90 Å². The minimum absolute atomic E-state index is 0.431. The average molecular weight is 277 g/mol. The molecule has 1 N–H and O–H groups in total. The highest BCUT2D eigenvalue weighted by molar-refractivity contribution is 5.45. The van der Waals surface area contributed by atoms with Crippen molar-refractivity contribution in [2.24, 2.45) is 0 Å². The van der Waals surface area contributed by atoms with Crippen LogP contribution in [0.15, 0.2) is 18.2 Å². The lowest BCUT2D eigenvalue weighted by Gasteiger charge is -2.25. The van der Waals surface area contributed by atoms with Crippen LogP contribution in [0.25, 0.3) is 0 Å². The molecular weight excluding hydrogens is 254 g/mol. The average Bonchev–Trinajstić information content (AvgIpc) is 3.24.